The number of hydrogen-bond acceptors (Lipinski definition) is 7. The zero-order valence-electron chi connectivity index (χ0n) is 18.5. The summed E-state index contributed by atoms with van der Waals surface area (Å²) in [6.45, 7) is 0.379. The molecule has 0 aromatic heterocycles. The van der Waals surface area contributed by atoms with Gasteiger partial charge in [0.25, 0.3) is 5.91 Å². The van der Waals surface area contributed by atoms with Crippen molar-refractivity contribution >= 4 is 46.3 Å². The van der Waals surface area contributed by atoms with Crippen LogP contribution in [0.2, 0.25) is 0 Å². The molecule has 1 aliphatic heterocycles. The first kappa shape index (κ1) is 23.5. The number of nitrogens with zero attached hydrogens (tertiary/aromatic N) is 1. The molecule has 0 radical (unpaired) electrons. The lowest BCUT2D eigenvalue weighted by Gasteiger charge is -2.14. The average Bonchev–Trinajstić information content (AvgIpc) is 3.13. The molecule has 0 unspecified atom stereocenters. The van der Waals surface area contributed by atoms with Crippen molar-refractivity contribution in [3.05, 3.63) is 94.4 Å². The van der Waals surface area contributed by atoms with Gasteiger partial charge in [-0.05, 0) is 53.6 Å². The molecule has 1 heterocycles. The number of rotatable bonds is 7. The van der Waals surface area contributed by atoms with E-state index >= 15 is 0 Å². The van der Waals surface area contributed by atoms with Crippen molar-refractivity contribution in [2.45, 2.75) is 6.54 Å². The minimum Gasteiger partial charge on any atom is -0.497 e. The Kier molecular flexibility index (Phi) is 7.30. The molecule has 0 saturated carbocycles. The number of carbonyl (C=O) groups is 2. The zero-order chi connectivity index (χ0) is 24.1. The molecular formula is C26H21NO5S2. The third-order valence-corrected chi connectivity index (χ3v) is 6.45. The maximum Gasteiger partial charge on any atom is 0.343 e. The highest BCUT2D eigenvalue weighted by Crippen LogP contribution is 2.35. The van der Waals surface area contributed by atoms with Crippen LogP contribution in [0.1, 0.15) is 21.5 Å². The molecule has 3 aromatic carbocycles. The van der Waals surface area contributed by atoms with E-state index in [9.17, 15) is 9.59 Å². The van der Waals surface area contributed by atoms with Crippen molar-refractivity contribution in [3.63, 3.8) is 0 Å². The lowest BCUT2D eigenvalue weighted by Crippen LogP contribution is -2.27. The van der Waals surface area contributed by atoms with Crippen LogP contribution in [0.4, 0.5) is 0 Å². The van der Waals surface area contributed by atoms with Crippen molar-refractivity contribution in [1.29, 1.82) is 0 Å². The van der Waals surface area contributed by atoms with Gasteiger partial charge in [-0.1, -0.05) is 60.4 Å². The summed E-state index contributed by atoms with van der Waals surface area (Å²) < 4.78 is 16.6. The van der Waals surface area contributed by atoms with Crippen LogP contribution in [-0.4, -0.2) is 35.3 Å². The predicted molar refractivity (Wildman–Crippen MR) is 136 cm³/mol. The number of methoxy groups -OCH3 is 2. The third-order valence-electron chi connectivity index (χ3n) is 5.07. The molecule has 172 valence electrons. The van der Waals surface area contributed by atoms with Gasteiger partial charge in [-0.3, -0.25) is 9.69 Å². The lowest BCUT2D eigenvalue weighted by molar-refractivity contribution is -0.122. The number of hydrogen-bond donors (Lipinski definition) is 0. The Morgan fingerprint density at radius 1 is 0.971 bits per heavy atom. The highest BCUT2D eigenvalue weighted by atomic mass is 32.2. The second-order valence-corrected chi connectivity index (χ2v) is 8.96. The van der Waals surface area contributed by atoms with Gasteiger partial charge in [0.2, 0.25) is 0 Å². The fourth-order valence-electron chi connectivity index (χ4n) is 3.29. The summed E-state index contributed by atoms with van der Waals surface area (Å²) in [6, 6.07) is 21.3. The summed E-state index contributed by atoms with van der Waals surface area (Å²) in [4.78, 5) is 27.5. The molecule has 0 bridgehead atoms. The second-order valence-electron chi connectivity index (χ2n) is 7.28. The molecule has 8 heteroatoms. The van der Waals surface area contributed by atoms with Crippen LogP contribution in [0.15, 0.2) is 77.7 Å². The van der Waals surface area contributed by atoms with E-state index < -0.39 is 5.97 Å². The zero-order valence-corrected chi connectivity index (χ0v) is 20.2. The highest BCUT2D eigenvalue weighted by molar-refractivity contribution is 8.26. The number of amides is 1. The number of carbonyl (C=O) groups excluding carboxylic acids is 2. The Labute approximate surface area is 207 Å². The van der Waals surface area contributed by atoms with Crippen LogP contribution in [0.5, 0.6) is 17.2 Å². The number of ether oxygens (including phenoxy) is 3. The maximum atomic E-state index is 13.0. The van der Waals surface area contributed by atoms with Crippen molar-refractivity contribution < 1.29 is 23.8 Å². The van der Waals surface area contributed by atoms with Gasteiger partial charge in [-0.15, -0.1) is 0 Å². The molecule has 1 amide bonds. The van der Waals surface area contributed by atoms with Gasteiger partial charge in [0.05, 0.1) is 31.2 Å². The molecule has 3 aromatic rings. The van der Waals surface area contributed by atoms with E-state index in [1.165, 1.54) is 18.9 Å². The molecule has 0 spiro atoms. The fraction of sp³-hybridized carbons (Fsp3) is 0.115. The van der Waals surface area contributed by atoms with Crippen LogP contribution in [0, 0.1) is 0 Å². The summed E-state index contributed by atoms with van der Waals surface area (Å²) in [5, 5.41) is 0. The molecule has 6 nitrogen and oxygen atoms in total. The van der Waals surface area contributed by atoms with Gasteiger partial charge in [0.1, 0.15) is 10.1 Å². The SMILES string of the molecule is COc1ccc(CN2C(=O)C(=Cc3ccc(OC(=O)c4ccccc4)c(OC)c3)SC2=S)cc1. The maximum absolute atomic E-state index is 13.0. The normalized spacial score (nSPS) is 14.4. The molecule has 0 aliphatic carbocycles. The minimum absolute atomic E-state index is 0.163. The molecule has 1 fully saturated rings. The Morgan fingerprint density at radius 2 is 1.71 bits per heavy atom. The van der Waals surface area contributed by atoms with E-state index in [2.05, 4.69) is 0 Å². The molecule has 34 heavy (non-hydrogen) atoms. The number of esters is 1. The van der Waals surface area contributed by atoms with Gasteiger partial charge in [0, 0.05) is 0 Å². The lowest BCUT2D eigenvalue weighted by atomic mass is 10.1. The van der Waals surface area contributed by atoms with Crippen molar-refractivity contribution in [1.82, 2.24) is 4.90 Å². The summed E-state index contributed by atoms with van der Waals surface area (Å²) in [6.07, 6.45) is 1.75. The van der Waals surface area contributed by atoms with E-state index in [1.807, 2.05) is 30.3 Å². The smallest absolute Gasteiger partial charge is 0.343 e. The molecule has 0 atom stereocenters. The van der Waals surface area contributed by atoms with Crippen LogP contribution in [0.25, 0.3) is 6.08 Å². The summed E-state index contributed by atoms with van der Waals surface area (Å²) in [7, 11) is 3.10. The number of benzene rings is 3. The summed E-state index contributed by atoms with van der Waals surface area (Å²) in [5.74, 6) is 0.781. The fourth-order valence-corrected chi connectivity index (χ4v) is 4.55. The van der Waals surface area contributed by atoms with Crippen LogP contribution >= 0.6 is 24.0 Å². The van der Waals surface area contributed by atoms with Gasteiger partial charge in [-0.2, -0.15) is 0 Å². The summed E-state index contributed by atoms with van der Waals surface area (Å²) >= 11 is 6.69. The van der Waals surface area contributed by atoms with Crippen molar-refractivity contribution in [2.75, 3.05) is 14.2 Å². The summed E-state index contributed by atoms with van der Waals surface area (Å²) in [5.41, 5.74) is 2.11. The van der Waals surface area contributed by atoms with E-state index in [-0.39, 0.29) is 5.91 Å². The standard InChI is InChI=1S/C26H21NO5S2/c1-30-20-11-8-17(9-12-20)16-27-24(28)23(34-26(27)33)15-18-10-13-21(22(14-18)31-2)32-25(29)19-6-4-3-5-7-19/h3-15H,16H2,1-2H3. The Bertz CT molecular complexity index is 1260. The first-order valence-corrected chi connectivity index (χ1v) is 11.5. The van der Waals surface area contributed by atoms with Gasteiger partial charge < -0.3 is 14.2 Å². The predicted octanol–water partition coefficient (Wildman–Crippen LogP) is 5.32. The van der Waals surface area contributed by atoms with E-state index in [0.29, 0.717) is 32.8 Å². The highest BCUT2D eigenvalue weighted by Gasteiger charge is 2.32. The molecule has 1 aliphatic rings. The Hall–Kier alpha value is -3.62. The average molecular weight is 492 g/mol. The first-order valence-electron chi connectivity index (χ1n) is 10.3. The minimum atomic E-state index is -0.481. The molecule has 1 saturated heterocycles. The third kappa shape index (κ3) is 5.30. The molecule has 0 N–H and O–H groups in total. The van der Waals surface area contributed by atoms with E-state index in [1.54, 1.807) is 60.6 Å². The van der Waals surface area contributed by atoms with E-state index in [4.69, 9.17) is 26.4 Å². The monoisotopic (exact) mass is 491 g/mol. The first-order chi connectivity index (χ1) is 16.5. The van der Waals surface area contributed by atoms with Crippen LogP contribution in [-0.2, 0) is 11.3 Å². The Morgan fingerprint density at radius 3 is 2.38 bits per heavy atom. The van der Waals surface area contributed by atoms with E-state index in [0.717, 1.165) is 16.9 Å². The second kappa shape index (κ2) is 10.5. The number of thiocarbonyl (C=S) groups is 1. The van der Waals surface area contributed by atoms with Crippen LogP contribution < -0.4 is 14.2 Å². The largest absolute Gasteiger partial charge is 0.497 e. The topological polar surface area (TPSA) is 65.1 Å². The van der Waals surface area contributed by atoms with Gasteiger partial charge in [0.15, 0.2) is 11.5 Å². The van der Waals surface area contributed by atoms with Gasteiger partial charge in [-0.25, -0.2) is 4.79 Å². The molecular weight excluding hydrogens is 470 g/mol. The Balaban J connectivity index is 1.50. The number of thioether (sulfide) groups is 1. The molecule has 4 rings (SSSR count). The quantitative estimate of drug-likeness (QED) is 0.192. The van der Waals surface area contributed by atoms with Crippen LogP contribution in [0.3, 0.4) is 0 Å². The van der Waals surface area contributed by atoms with Crippen molar-refractivity contribution in [2.24, 2.45) is 0 Å². The van der Waals surface area contributed by atoms with Crippen molar-refractivity contribution in [3.8, 4) is 17.2 Å². The van der Waals surface area contributed by atoms with Gasteiger partial charge >= 0.3 is 5.97 Å².